The van der Waals surface area contributed by atoms with Gasteiger partial charge in [0.25, 0.3) is 0 Å². The van der Waals surface area contributed by atoms with Gasteiger partial charge in [-0.15, -0.1) is 0 Å². The number of nitrogens with one attached hydrogen (secondary N) is 3. The van der Waals surface area contributed by atoms with Gasteiger partial charge in [0.15, 0.2) is 0 Å². The molecule has 0 bridgehead atoms. The Kier molecular flexibility index (Phi) is 7.39. The molecule has 0 aliphatic rings. The molecule has 9 nitrogen and oxygen atoms in total. The summed E-state index contributed by atoms with van der Waals surface area (Å²) < 4.78 is 30.8. The molecule has 3 rings (SSSR count). The van der Waals surface area contributed by atoms with Gasteiger partial charge >= 0.3 is 5.97 Å². The number of carbonyl (C=O) groups is 1. The van der Waals surface area contributed by atoms with Crippen molar-refractivity contribution in [1.29, 1.82) is 0 Å². The van der Waals surface area contributed by atoms with Gasteiger partial charge < -0.3 is 25.3 Å². The average Bonchev–Trinajstić information content (AvgIpc) is 3.00. The molecule has 1 heterocycles. The number of rotatable bonds is 11. The monoisotopic (exact) mass is 461 g/mol. The molecule has 1 atom stereocenters. The van der Waals surface area contributed by atoms with Gasteiger partial charge in [-0.2, -0.15) is 0 Å². The average molecular weight is 462 g/mol. The van der Waals surface area contributed by atoms with Crippen molar-refractivity contribution in [3.8, 4) is 5.75 Å². The molecule has 0 saturated heterocycles. The Labute approximate surface area is 186 Å². The number of benzene rings is 2. The van der Waals surface area contributed by atoms with Crippen molar-refractivity contribution < 1.29 is 28.2 Å². The lowest BCUT2D eigenvalue weighted by molar-refractivity contribution is -0.136. The summed E-state index contributed by atoms with van der Waals surface area (Å²) >= 11 is 0. The number of hydrogen-bond acceptors (Lipinski definition) is 6. The van der Waals surface area contributed by atoms with Crippen molar-refractivity contribution in [3.05, 3.63) is 59.3 Å². The van der Waals surface area contributed by atoms with E-state index in [4.69, 9.17) is 9.84 Å². The van der Waals surface area contributed by atoms with Gasteiger partial charge in [-0.3, -0.25) is 9.52 Å². The molecule has 0 aliphatic heterocycles. The molecule has 2 aromatic carbocycles. The Bertz CT molecular complexity index is 1210. The molecule has 5 N–H and O–H groups in total. The fraction of sp³-hybridized carbons (Fsp3) is 0.318. The quantitative estimate of drug-likeness (QED) is 0.276. The number of anilines is 1. The van der Waals surface area contributed by atoms with Gasteiger partial charge in [0, 0.05) is 41.4 Å². The number of hydrogen-bond donors (Lipinski definition) is 5. The number of aliphatic hydroxyl groups excluding tert-OH is 1. The summed E-state index contributed by atoms with van der Waals surface area (Å²) in [5, 5.41) is 23.4. The summed E-state index contributed by atoms with van der Waals surface area (Å²) in [6.45, 7) is 3.03. The van der Waals surface area contributed by atoms with Crippen LogP contribution in [0.1, 0.15) is 22.9 Å². The van der Waals surface area contributed by atoms with Crippen LogP contribution in [0.15, 0.2) is 42.5 Å². The van der Waals surface area contributed by atoms with E-state index in [1.807, 2.05) is 25.1 Å². The summed E-state index contributed by atoms with van der Waals surface area (Å²) in [5.41, 5.74) is 3.41. The lowest BCUT2D eigenvalue weighted by Gasteiger charge is -2.14. The zero-order valence-electron chi connectivity index (χ0n) is 17.9. The maximum atomic E-state index is 11.3. The SMILES string of the molecule is Cc1c(CC(=O)O)[nH]c2cc(OCCNCC(O)c3cccc(NS(C)(=O)=O)c3)ccc12. The first kappa shape index (κ1) is 23.6. The molecule has 0 spiro atoms. The Morgan fingerprint density at radius 1 is 1.22 bits per heavy atom. The predicted molar refractivity (Wildman–Crippen MR) is 123 cm³/mol. The predicted octanol–water partition coefficient (Wildman–Crippen LogP) is 2.18. The van der Waals surface area contributed by atoms with Gasteiger partial charge in [0.05, 0.1) is 18.8 Å². The molecule has 3 aromatic rings. The number of H-pyrrole nitrogens is 1. The maximum Gasteiger partial charge on any atom is 0.309 e. The first-order valence-corrected chi connectivity index (χ1v) is 11.9. The third-order valence-electron chi connectivity index (χ3n) is 4.92. The van der Waals surface area contributed by atoms with Crippen molar-refractivity contribution in [2.75, 3.05) is 30.7 Å². The molecular formula is C22H27N3O6S. The molecule has 1 aromatic heterocycles. The lowest BCUT2D eigenvalue weighted by Crippen LogP contribution is -2.26. The standard InChI is InChI=1S/C22H27N3O6S/c1-14-18-7-6-17(11-20(18)24-19(14)12-22(27)28)31-9-8-23-13-21(26)15-4-3-5-16(10-15)25-32(2,29)30/h3-7,10-11,21,23-26H,8-9,12-13H2,1-2H3,(H,27,28). The van der Waals surface area contributed by atoms with Gasteiger partial charge in [-0.25, -0.2) is 8.42 Å². The minimum absolute atomic E-state index is 0.0593. The zero-order valence-corrected chi connectivity index (χ0v) is 18.7. The Morgan fingerprint density at radius 3 is 2.72 bits per heavy atom. The van der Waals surface area contributed by atoms with E-state index in [1.54, 1.807) is 24.3 Å². The molecular weight excluding hydrogens is 434 g/mol. The molecule has 0 amide bonds. The second-order valence-electron chi connectivity index (χ2n) is 7.57. The van der Waals surface area contributed by atoms with E-state index >= 15 is 0 Å². The van der Waals surface area contributed by atoms with E-state index in [0.29, 0.717) is 35.8 Å². The molecule has 172 valence electrons. The number of fused-ring (bicyclic) bond motifs is 1. The number of aliphatic carboxylic acids is 1. The van der Waals surface area contributed by atoms with E-state index in [2.05, 4.69) is 15.0 Å². The first-order valence-electron chi connectivity index (χ1n) is 10.0. The van der Waals surface area contributed by atoms with Crippen LogP contribution in [0.4, 0.5) is 5.69 Å². The smallest absolute Gasteiger partial charge is 0.309 e. The van der Waals surface area contributed by atoms with Gasteiger partial charge in [0.1, 0.15) is 12.4 Å². The first-order chi connectivity index (χ1) is 15.1. The molecule has 0 radical (unpaired) electrons. The number of sulfonamides is 1. The van der Waals surface area contributed by atoms with Gasteiger partial charge in [-0.05, 0) is 42.3 Å². The molecule has 32 heavy (non-hydrogen) atoms. The van der Waals surface area contributed by atoms with E-state index in [1.165, 1.54) is 0 Å². The number of aromatic amines is 1. The van der Waals surface area contributed by atoms with E-state index in [-0.39, 0.29) is 13.0 Å². The van der Waals surface area contributed by atoms with Crippen molar-refractivity contribution in [3.63, 3.8) is 0 Å². The van der Waals surface area contributed by atoms with Crippen LogP contribution >= 0.6 is 0 Å². The van der Waals surface area contributed by atoms with Gasteiger partial charge in [-0.1, -0.05) is 12.1 Å². The van der Waals surface area contributed by atoms with Crippen LogP contribution in [-0.2, 0) is 21.2 Å². The minimum Gasteiger partial charge on any atom is -0.492 e. The van der Waals surface area contributed by atoms with Crippen LogP contribution in [0.25, 0.3) is 10.9 Å². The highest BCUT2D eigenvalue weighted by Crippen LogP contribution is 2.26. The summed E-state index contributed by atoms with van der Waals surface area (Å²) in [6.07, 6.45) is 0.208. The number of aromatic nitrogens is 1. The molecule has 10 heteroatoms. The van der Waals surface area contributed by atoms with Crippen LogP contribution in [0, 0.1) is 6.92 Å². The van der Waals surface area contributed by atoms with Crippen LogP contribution < -0.4 is 14.8 Å². The Hall–Kier alpha value is -3.08. The van der Waals surface area contributed by atoms with Crippen molar-refractivity contribution in [2.45, 2.75) is 19.4 Å². The van der Waals surface area contributed by atoms with E-state index in [0.717, 1.165) is 22.7 Å². The normalized spacial score (nSPS) is 12.6. The van der Waals surface area contributed by atoms with Crippen molar-refractivity contribution in [1.82, 2.24) is 10.3 Å². The van der Waals surface area contributed by atoms with Crippen LogP contribution in [0.2, 0.25) is 0 Å². The van der Waals surface area contributed by atoms with Crippen LogP contribution in [-0.4, -0.2) is 55.5 Å². The molecule has 0 saturated carbocycles. The third kappa shape index (κ3) is 6.46. The third-order valence-corrected chi connectivity index (χ3v) is 5.53. The van der Waals surface area contributed by atoms with Crippen molar-refractivity contribution in [2.24, 2.45) is 0 Å². The largest absolute Gasteiger partial charge is 0.492 e. The Morgan fingerprint density at radius 2 is 2.00 bits per heavy atom. The number of aryl methyl sites for hydroxylation is 1. The highest BCUT2D eigenvalue weighted by molar-refractivity contribution is 7.92. The summed E-state index contributed by atoms with van der Waals surface area (Å²) in [4.78, 5) is 14.1. The summed E-state index contributed by atoms with van der Waals surface area (Å²) in [7, 11) is -3.38. The second-order valence-corrected chi connectivity index (χ2v) is 9.32. The number of carboxylic acid groups (broad SMARTS) is 1. The molecule has 0 aliphatic carbocycles. The van der Waals surface area contributed by atoms with Crippen molar-refractivity contribution >= 4 is 32.6 Å². The molecule has 1 unspecified atom stereocenters. The van der Waals surface area contributed by atoms with Crippen LogP contribution in [0.5, 0.6) is 5.75 Å². The zero-order chi connectivity index (χ0) is 23.3. The minimum atomic E-state index is -3.38. The number of ether oxygens (including phenoxy) is 1. The fourth-order valence-electron chi connectivity index (χ4n) is 3.41. The number of aliphatic hydroxyl groups is 1. The molecule has 0 fully saturated rings. The topological polar surface area (TPSA) is 141 Å². The highest BCUT2D eigenvalue weighted by atomic mass is 32.2. The second kappa shape index (κ2) is 10.0. The number of carboxylic acids is 1. The summed E-state index contributed by atoms with van der Waals surface area (Å²) in [6, 6.07) is 12.2. The van der Waals surface area contributed by atoms with Crippen LogP contribution in [0.3, 0.4) is 0 Å². The summed E-state index contributed by atoms with van der Waals surface area (Å²) in [5.74, 6) is -0.231. The maximum absolute atomic E-state index is 11.3. The van der Waals surface area contributed by atoms with Gasteiger partial charge in [0.2, 0.25) is 10.0 Å². The lowest BCUT2D eigenvalue weighted by atomic mass is 10.1. The van der Waals surface area contributed by atoms with E-state index < -0.39 is 22.1 Å². The van der Waals surface area contributed by atoms with E-state index in [9.17, 15) is 18.3 Å². The highest BCUT2D eigenvalue weighted by Gasteiger charge is 2.12. The Balaban J connectivity index is 1.48. The fourth-order valence-corrected chi connectivity index (χ4v) is 3.97.